The molecule has 0 radical (unpaired) electrons. The predicted octanol–water partition coefficient (Wildman–Crippen LogP) is 4.75. The van der Waals surface area contributed by atoms with Gasteiger partial charge in [-0.2, -0.15) is 0 Å². The van der Waals surface area contributed by atoms with Crippen LogP contribution in [0.1, 0.15) is 29.3 Å². The molecular weight excluding hydrogens is 445 g/mol. The Labute approximate surface area is 203 Å². The van der Waals surface area contributed by atoms with Crippen molar-refractivity contribution in [2.24, 2.45) is 0 Å². The molecule has 1 aliphatic heterocycles. The molecule has 35 heavy (non-hydrogen) atoms. The fourth-order valence-corrected chi connectivity index (χ4v) is 4.84. The van der Waals surface area contributed by atoms with Gasteiger partial charge in [0.2, 0.25) is 5.91 Å². The Bertz CT molecular complexity index is 1360. The molecule has 0 aliphatic carbocycles. The van der Waals surface area contributed by atoms with Crippen molar-refractivity contribution in [1.82, 2.24) is 9.55 Å². The number of carbonyl (C=O) groups excluding carboxylic acids is 1. The number of benzene rings is 3. The van der Waals surface area contributed by atoms with E-state index in [4.69, 9.17) is 9.72 Å². The Hall–Kier alpha value is -3.71. The number of carbonyl (C=O) groups is 1. The molecule has 180 valence electrons. The number of aliphatic hydroxyl groups excluding tert-OH is 1. The standard InChI is InChI=1S/C28H28FN3O3/c1-18-10-19(2)12-24(11-18)35-17-23(33)16-32-26-9-4-3-8-25(26)30-28(32)20-13-27(34)31(15-20)22-7-5-6-21(29)14-22/h3-12,14,20,23,33H,13,15-17H2,1-2H3. The molecule has 4 aromatic rings. The van der Waals surface area contributed by atoms with E-state index in [-0.39, 0.29) is 37.2 Å². The number of fused-ring (bicyclic) bond motifs is 1. The lowest BCUT2D eigenvalue weighted by molar-refractivity contribution is -0.117. The van der Waals surface area contributed by atoms with Crippen LogP contribution < -0.4 is 9.64 Å². The first kappa shape index (κ1) is 23.1. The van der Waals surface area contributed by atoms with Crippen molar-refractivity contribution in [3.05, 3.63) is 89.5 Å². The lowest BCUT2D eigenvalue weighted by Crippen LogP contribution is -2.26. The van der Waals surface area contributed by atoms with E-state index in [9.17, 15) is 14.3 Å². The maximum Gasteiger partial charge on any atom is 0.227 e. The van der Waals surface area contributed by atoms with Crippen LogP contribution in [0.2, 0.25) is 0 Å². The fourth-order valence-electron chi connectivity index (χ4n) is 4.84. The Morgan fingerprint density at radius 1 is 1.09 bits per heavy atom. The zero-order valence-corrected chi connectivity index (χ0v) is 19.8. The number of rotatable bonds is 7. The number of nitrogens with zero attached hydrogens (tertiary/aromatic N) is 3. The first-order valence-electron chi connectivity index (χ1n) is 11.8. The van der Waals surface area contributed by atoms with Crippen LogP contribution in [0, 0.1) is 19.7 Å². The minimum Gasteiger partial charge on any atom is -0.491 e. The zero-order valence-electron chi connectivity index (χ0n) is 19.8. The van der Waals surface area contributed by atoms with Crippen LogP contribution in [0.25, 0.3) is 11.0 Å². The van der Waals surface area contributed by atoms with Gasteiger partial charge in [0.05, 0.1) is 17.6 Å². The van der Waals surface area contributed by atoms with Crippen molar-refractivity contribution >= 4 is 22.6 Å². The Kier molecular flexibility index (Phi) is 6.26. The third-order valence-corrected chi connectivity index (χ3v) is 6.33. The Morgan fingerprint density at radius 3 is 2.63 bits per heavy atom. The number of halogens is 1. The maximum absolute atomic E-state index is 13.8. The van der Waals surface area contributed by atoms with Crippen molar-refractivity contribution < 1.29 is 19.0 Å². The summed E-state index contributed by atoms with van der Waals surface area (Å²) in [5.74, 6) is 0.842. The average Bonchev–Trinajstić information content (AvgIpc) is 3.38. The highest BCUT2D eigenvalue weighted by Crippen LogP contribution is 2.33. The van der Waals surface area contributed by atoms with Gasteiger partial charge in [0.25, 0.3) is 0 Å². The molecule has 2 atom stereocenters. The van der Waals surface area contributed by atoms with Crippen LogP contribution in [0.4, 0.5) is 10.1 Å². The van der Waals surface area contributed by atoms with Crippen LogP contribution in [0.15, 0.2) is 66.7 Å². The molecule has 1 amide bonds. The molecule has 6 nitrogen and oxygen atoms in total. The van der Waals surface area contributed by atoms with Gasteiger partial charge in [0, 0.05) is 24.6 Å². The van der Waals surface area contributed by atoms with Crippen molar-refractivity contribution in [3.63, 3.8) is 0 Å². The Balaban J connectivity index is 1.38. The molecule has 2 heterocycles. The van der Waals surface area contributed by atoms with Crippen LogP contribution in [-0.4, -0.2) is 39.8 Å². The molecule has 0 saturated carbocycles. The van der Waals surface area contributed by atoms with Crippen LogP contribution in [-0.2, 0) is 11.3 Å². The molecular formula is C28H28FN3O3. The molecule has 0 bridgehead atoms. The van der Waals surface area contributed by atoms with Gasteiger partial charge in [0.1, 0.15) is 30.1 Å². The van der Waals surface area contributed by atoms with E-state index in [1.54, 1.807) is 17.0 Å². The first-order valence-corrected chi connectivity index (χ1v) is 11.8. The highest BCUT2D eigenvalue weighted by Gasteiger charge is 2.35. The van der Waals surface area contributed by atoms with Gasteiger partial charge in [-0.1, -0.05) is 24.3 Å². The molecule has 3 aromatic carbocycles. The smallest absolute Gasteiger partial charge is 0.227 e. The summed E-state index contributed by atoms with van der Waals surface area (Å²) in [5, 5.41) is 10.9. The van der Waals surface area contributed by atoms with Crippen molar-refractivity contribution in [1.29, 1.82) is 0 Å². The zero-order chi connectivity index (χ0) is 24.5. The molecule has 0 spiro atoms. The molecule has 1 aliphatic rings. The van der Waals surface area contributed by atoms with Crippen molar-refractivity contribution in [2.75, 3.05) is 18.1 Å². The third kappa shape index (κ3) is 4.91. The molecule has 1 fully saturated rings. The number of ether oxygens (including phenoxy) is 1. The second-order valence-corrected chi connectivity index (χ2v) is 9.24. The molecule has 1 saturated heterocycles. The highest BCUT2D eigenvalue weighted by atomic mass is 19.1. The number of aryl methyl sites for hydroxylation is 2. The summed E-state index contributed by atoms with van der Waals surface area (Å²) in [6.45, 7) is 4.84. The van der Waals surface area contributed by atoms with Crippen molar-refractivity contribution in [3.8, 4) is 5.75 Å². The van der Waals surface area contributed by atoms with Crippen LogP contribution in [0.5, 0.6) is 5.75 Å². The van der Waals surface area contributed by atoms with Gasteiger partial charge < -0.3 is 19.3 Å². The number of hydrogen-bond donors (Lipinski definition) is 1. The largest absolute Gasteiger partial charge is 0.491 e. The second-order valence-electron chi connectivity index (χ2n) is 9.24. The Morgan fingerprint density at radius 2 is 1.86 bits per heavy atom. The van der Waals surface area contributed by atoms with Gasteiger partial charge in [-0.05, 0) is 67.4 Å². The lowest BCUT2D eigenvalue weighted by atomic mass is 10.1. The van der Waals surface area contributed by atoms with Gasteiger partial charge in [-0.25, -0.2) is 9.37 Å². The van der Waals surface area contributed by atoms with E-state index in [1.807, 2.05) is 54.8 Å². The van der Waals surface area contributed by atoms with E-state index in [0.717, 1.165) is 33.7 Å². The normalized spacial score (nSPS) is 16.7. The van der Waals surface area contributed by atoms with E-state index in [2.05, 4.69) is 6.07 Å². The van der Waals surface area contributed by atoms with Gasteiger partial charge in [-0.3, -0.25) is 4.79 Å². The number of imidazole rings is 1. The average molecular weight is 474 g/mol. The summed E-state index contributed by atoms with van der Waals surface area (Å²) in [6.07, 6.45) is -0.502. The number of anilines is 1. The number of aliphatic hydroxyl groups is 1. The maximum atomic E-state index is 13.8. The number of aromatic nitrogens is 2. The molecule has 5 rings (SSSR count). The molecule has 1 aromatic heterocycles. The summed E-state index contributed by atoms with van der Waals surface area (Å²) in [6, 6.07) is 19.8. The van der Waals surface area contributed by atoms with E-state index >= 15 is 0 Å². The number of amides is 1. The van der Waals surface area contributed by atoms with Gasteiger partial charge >= 0.3 is 0 Å². The van der Waals surface area contributed by atoms with Crippen molar-refractivity contribution in [2.45, 2.75) is 38.8 Å². The molecule has 2 unspecified atom stereocenters. The lowest BCUT2D eigenvalue weighted by Gasteiger charge is -2.19. The van der Waals surface area contributed by atoms with Gasteiger partial charge in [0.15, 0.2) is 0 Å². The SMILES string of the molecule is Cc1cc(C)cc(OCC(O)Cn2c(C3CC(=O)N(c4cccc(F)c4)C3)nc3ccccc32)c1. The second kappa shape index (κ2) is 9.50. The number of hydrogen-bond acceptors (Lipinski definition) is 4. The summed E-state index contributed by atoms with van der Waals surface area (Å²) in [5.41, 5.74) is 4.45. The van der Waals surface area contributed by atoms with E-state index in [0.29, 0.717) is 12.2 Å². The van der Waals surface area contributed by atoms with Crippen LogP contribution >= 0.6 is 0 Å². The van der Waals surface area contributed by atoms with Crippen LogP contribution in [0.3, 0.4) is 0 Å². The third-order valence-electron chi connectivity index (χ3n) is 6.33. The first-order chi connectivity index (χ1) is 16.9. The summed E-state index contributed by atoms with van der Waals surface area (Å²) in [4.78, 5) is 19.3. The minimum absolute atomic E-state index is 0.0714. The summed E-state index contributed by atoms with van der Waals surface area (Å²) >= 11 is 0. The van der Waals surface area contributed by atoms with Gasteiger partial charge in [-0.15, -0.1) is 0 Å². The highest BCUT2D eigenvalue weighted by molar-refractivity contribution is 5.96. The predicted molar refractivity (Wildman–Crippen MR) is 133 cm³/mol. The fraction of sp³-hybridized carbons (Fsp3) is 0.286. The topological polar surface area (TPSA) is 67.6 Å². The summed E-state index contributed by atoms with van der Waals surface area (Å²) in [7, 11) is 0. The molecule has 7 heteroatoms. The minimum atomic E-state index is -0.774. The summed E-state index contributed by atoms with van der Waals surface area (Å²) < 4.78 is 21.6. The monoisotopic (exact) mass is 473 g/mol. The van der Waals surface area contributed by atoms with E-state index < -0.39 is 6.10 Å². The quantitative estimate of drug-likeness (QED) is 0.421. The van der Waals surface area contributed by atoms with E-state index in [1.165, 1.54) is 12.1 Å². The number of para-hydroxylation sites is 2. The molecule has 1 N–H and O–H groups in total.